The summed E-state index contributed by atoms with van der Waals surface area (Å²) >= 11 is 0. The van der Waals surface area contributed by atoms with Gasteiger partial charge in [0.15, 0.2) is 0 Å². The predicted octanol–water partition coefficient (Wildman–Crippen LogP) is 1.16. The summed E-state index contributed by atoms with van der Waals surface area (Å²) in [5, 5.41) is 9.29. The van der Waals surface area contributed by atoms with Crippen LogP contribution in [0.5, 0.6) is 5.88 Å². The highest BCUT2D eigenvalue weighted by Crippen LogP contribution is 2.44. The van der Waals surface area contributed by atoms with Crippen molar-refractivity contribution in [1.29, 1.82) is 0 Å². The zero-order chi connectivity index (χ0) is 9.71. The molecule has 3 unspecified atom stereocenters. The lowest BCUT2D eigenvalue weighted by Crippen LogP contribution is -2.17. The van der Waals surface area contributed by atoms with Crippen molar-refractivity contribution in [2.45, 2.75) is 37.4 Å². The zero-order valence-electron chi connectivity index (χ0n) is 8.18. The van der Waals surface area contributed by atoms with Gasteiger partial charge >= 0.3 is 0 Å². The minimum Gasteiger partial charge on any atom is -0.492 e. The molecule has 0 aliphatic carbocycles. The number of aromatic hydroxyl groups is 1. The quantitative estimate of drug-likeness (QED) is 0.729. The van der Waals surface area contributed by atoms with Crippen LogP contribution in [0.1, 0.15) is 31.0 Å². The highest BCUT2D eigenvalue weighted by atomic mass is 16.5. The van der Waals surface area contributed by atoms with Crippen molar-refractivity contribution in [2.75, 3.05) is 0 Å². The average molecular weight is 194 g/mol. The molecule has 2 aliphatic heterocycles. The predicted molar refractivity (Wildman–Crippen MR) is 50.1 cm³/mol. The minimum absolute atomic E-state index is 0.116. The second kappa shape index (κ2) is 2.73. The standard InChI is InChI=1S/C10H14N2O2/c1-12-5-9(13)11-10(12)7-4-6-2-3-8(7)14-6/h5-8,13H,2-4H2,1H3. The van der Waals surface area contributed by atoms with Crippen molar-refractivity contribution in [3.05, 3.63) is 12.0 Å². The normalized spacial score (nSPS) is 35.4. The van der Waals surface area contributed by atoms with E-state index in [1.165, 1.54) is 6.42 Å². The monoisotopic (exact) mass is 194 g/mol. The molecule has 3 rings (SSSR count). The fourth-order valence-corrected chi connectivity index (χ4v) is 2.72. The number of ether oxygens (including phenoxy) is 1. The third kappa shape index (κ3) is 1.07. The number of hydrogen-bond acceptors (Lipinski definition) is 3. The van der Waals surface area contributed by atoms with Gasteiger partial charge < -0.3 is 14.4 Å². The number of imidazole rings is 1. The van der Waals surface area contributed by atoms with Crippen LogP contribution in [0.25, 0.3) is 0 Å². The van der Waals surface area contributed by atoms with Crippen LogP contribution in [0.15, 0.2) is 6.20 Å². The first-order valence-corrected chi connectivity index (χ1v) is 5.11. The summed E-state index contributed by atoms with van der Waals surface area (Å²) < 4.78 is 7.68. The summed E-state index contributed by atoms with van der Waals surface area (Å²) in [6.45, 7) is 0. The van der Waals surface area contributed by atoms with Crippen molar-refractivity contribution in [3.8, 4) is 5.88 Å². The van der Waals surface area contributed by atoms with E-state index in [4.69, 9.17) is 4.74 Å². The van der Waals surface area contributed by atoms with E-state index in [1.54, 1.807) is 6.20 Å². The highest BCUT2D eigenvalue weighted by Gasteiger charge is 2.43. The van der Waals surface area contributed by atoms with Crippen LogP contribution in [0.4, 0.5) is 0 Å². The molecule has 0 saturated carbocycles. The Hall–Kier alpha value is -1.03. The Bertz CT molecular complexity index is 361. The molecule has 3 heterocycles. The Morgan fingerprint density at radius 1 is 1.57 bits per heavy atom. The van der Waals surface area contributed by atoms with Gasteiger partial charge in [-0.2, -0.15) is 4.98 Å². The molecule has 2 aliphatic rings. The van der Waals surface area contributed by atoms with Crippen molar-refractivity contribution >= 4 is 0 Å². The summed E-state index contributed by atoms with van der Waals surface area (Å²) in [4.78, 5) is 4.15. The summed E-state index contributed by atoms with van der Waals surface area (Å²) in [6, 6.07) is 0. The number of rotatable bonds is 1. The summed E-state index contributed by atoms with van der Waals surface area (Å²) in [6.07, 6.45) is 5.82. The molecule has 0 amide bonds. The molecule has 2 bridgehead atoms. The van der Waals surface area contributed by atoms with Gasteiger partial charge in [-0.15, -0.1) is 0 Å². The molecular formula is C10H14N2O2. The topological polar surface area (TPSA) is 47.3 Å². The van der Waals surface area contributed by atoms with Crippen LogP contribution in [0.3, 0.4) is 0 Å². The van der Waals surface area contributed by atoms with E-state index in [1.807, 2.05) is 11.6 Å². The Morgan fingerprint density at radius 3 is 2.93 bits per heavy atom. The molecule has 2 saturated heterocycles. The van der Waals surface area contributed by atoms with Gasteiger partial charge in [-0.05, 0) is 19.3 Å². The van der Waals surface area contributed by atoms with Gasteiger partial charge in [0.2, 0.25) is 5.88 Å². The smallest absolute Gasteiger partial charge is 0.229 e. The van der Waals surface area contributed by atoms with E-state index in [-0.39, 0.29) is 5.88 Å². The first-order chi connectivity index (χ1) is 6.74. The van der Waals surface area contributed by atoms with E-state index in [2.05, 4.69) is 4.98 Å². The van der Waals surface area contributed by atoms with Gasteiger partial charge in [-0.1, -0.05) is 0 Å². The summed E-state index contributed by atoms with van der Waals surface area (Å²) in [5.41, 5.74) is 0. The van der Waals surface area contributed by atoms with Gasteiger partial charge in [0, 0.05) is 13.0 Å². The zero-order valence-corrected chi connectivity index (χ0v) is 8.18. The first kappa shape index (κ1) is 8.29. The molecule has 0 spiro atoms. The number of fused-ring (bicyclic) bond motifs is 2. The van der Waals surface area contributed by atoms with E-state index in [0.29, 0.717) is 18.1 Å². The van der Waals surface area contributed by atoms with Crippen molar-refractivity contribution < 1.29 is 9.84 Å². The van der Waals surface area contributed by atoms with Crippen LogP contribution in [-0.2, 0) is 11.8 Å². The fourth-order valence-electron chi connectivity index (χ4n) is 2.72. The van der Waals surface area contributed by atoms with Crippen molar-refractivity contribution in [3.63, 3.8) is 0 Å². The van der Waals surface area contributed by atoms with E-state index >= 15 is 0 Å². The van der Waals surface area contributed by atoms with Crippen LogP contribution in [0, 0.1) is 0 Å². The Balaban J connectivity index is 1.92. The maximum Gasteiger partial charge on any atom is 0.229 e. The van der Waals surface area contributed by atoms with Crippen LogP contribution < -0.4 is 0 Å². The van der Waals surface area contributed by atoms with Gasteiger partial charge in [-0.25, -0.2) is 0 Å². The highest BCUT2D eigenvalue weighted by molar-refractivity contribution is 5.15. The molecule has 4 heteroatoms. The molecule has 4 nitrogen and oxygen atoms in total. The second-order valence-electron chi connectivity index (χ2n) is 4.28. The molecule has 2 fully saturated rings. The van der Waals surface area contributed by atoms with Gasteiger partial charge in [0.05, 0.1) is 18.4 Å². The molecule has 0 aromatic carbocycles. The molecular weight excluding hydrogens is 180 g/mol. The first-order valence-electron chi connectivity index (χ1n) is 5.11. The molecule has 14 heavy (non-hydrogen) atoms. The molecule has 1 aromatic rings. The summed E-state index contributed by atoms with van der Waals surface area (Å²) in [5.74, 6) is 1.47. The van der Waals surface area contributed by atoms with E-state index < -0.39 is 0 Å². The molecule has 3 atom stereocenters. The number of nitrogens with zero attached hydrogens (tertiary/aromatic N) is 2. The lowest BCUT2D eigenvalue weighted by molar-refractivity contribution is 0.0996. The SMILES string of the molecule is Cn1cc(O)nc1C1CC2CCC1O2. The van der Waals surface area contributed by atoms with Crippen LogP contribution in [-0.4, -0.2) is 26.9 Å². The molecule has 1 N–H and O–H groups in total. The van der Waals surface area contributed by atoms with Crippen LogP contribution in [0.2, 0.25) is 0 Å². The number of aromatic nitrogens is 2. The average Bonchev–Trinajstić information content (AvgIpc) is 2.79. The molecule has 0 radical (unpaired) electrons. The lowest BCUT2D eigenvalue weighted by atomic mass is 9.88. The van der Waals surface area contributed by atoms with Crippen molar-refractivity contribution in [1.82, 2.24) is 9.55 Å². The fraction of sp³-hybridized carbons (Fsp3) is 0.700. The lowest BCUT2D eigenvalue weighted by Gasteiger charge is -2.17. The van der Waals surface area contributed by atoms with E-state index in [9.17, 15) is 5.11 Å². The largest absolute Gasteiger partial charge is 0.492 e. The maximum absolute atomic E-state index is 9.29. The van der Waals surface area contributed by atoms with Gasteiger partial charge in [0.25, 0.3) is 0 Å². The van der Waals surface area contributed by atoms with Gasteiger partial charge in [0.1, 0.15) is 5.82 Å². The molecule has 1 aromatic heterocycles. The Kier molecular flexibility index (Phi) is 1.62. The van der Waals surface area contributed by atoms with Crippen molar-refractivity contribution in [2.24, 2.45) is 7.05 Å². The Labute approximate surface area is 82.5 Å². The minimum atomic E-state index is 0.116. The third-order valence-corrected chi connectivity index (χ3v) is 3.34. The van der Waals surface area contributed by atoms with Crippen LogP contribution >= 0.6 is 0 Å². The van der Waals surface area contributed by atoms with E-state index in [0.717, 1.165) is 18.7 Å². The maximum atomic E-state index is 9.29. The summed E-state index contributed by atoms with van der Waals surface area (Å²) in [7, 11) is 1.92. The number of hydrogen-bond donors (Lipinski definition) is 1. The second-order valence-corrected chi connectivity index (χ2v) is 4.28. The third-order valence-electron chi connectivity index (χ3n) is 3.34. The van der Waals surface area contributed by atoms with Gasteiger partial charge in [-0.3, -0.25) is 0 Å². The Morgan fingerprint density at radius 2 is 2.43 bits per heavy atom. The number of aryl methyl sites for hydroxylation is 1. The molecule has 76 valence electrons.